The first kappa shape index (κ1) is 17.2. The van der Waals surface area contributed by atoms with E-state index >= 15 is 0 Å². The third-order valence-corrected chi connectivity index (χ3v) is 6.89. The summed E-state index contributed by atoms with van der Waals surface area (Å²) in [6, 6.07) is 16.4. The van der Waals surface area contributed by atoms with Crippen LogP contribution in [0.1, 0.15) is 29.0 Å². The number of hydrogen-bond donors (Lipinski definition) is 0. The third kappa shape index (κ3) is 3.38. The zero-order chi connectivity index (χ0) is 18.2. The van der Waals surface area contributed by atoms with Crippen molar-refractivity contribution in [3.8, 4) is 0 Å². The first-order chi connectivity index (χ1) is 13.3. The molecule has 0 radical (unpaired) electrons. The first-order valence-electron chi connectivity index (χ1n) is 9.89. The van der Waals surface area contributed by atoms with Gasteiger partial charge in [0.15, 0.2) is 0 Å². The smallest absolute Gasteiger partial charge is 0.0642 e. The zero-order valence-corrected chi connectivity index (χ0v) is 16.7. The van der Waals surface area contributed by atoms with Crippen LogP contribution in [-0.4, -0.2) is 44.8 Å². The lowest BCUT2D eigenvalue weighted by molar-refractivity contribution is 0.122. The lowest BCUT2D eigenvalue weighted by Gasteiger charge is -2.30. The molecule has 1 aromatic heterocycles. The number of benzene rings is 2. The fraction of sp³-hybridized carbons (Fsp3) is 0.391. The van der Waals surface area contributed by atoms with Gasteiger partial charge in [-0.05, 0) is 77.8 Å². The van der Waals surface area contributed by atoms with Gasteiger partial charge >= 0.3 is 0 Å². The summed E-state index contributed by atoms with van der Waals surface area (Å²) in [5.41, 5.74) is 5.79. The Morgan fingerprint density at radius 2 is 1.89 bits per heavy atom. The van der Waals surface area contributed by atoms with E-state index in [1.807, 2.05) is 11.3 Å². The molecule has 0 amide bonds. The highest BCUT2D eigenvalue weighted by molar-refractivity contribution is 7.17. The van der Waals surface area contributed by atoms with Crippen LogP contribution in [0.25, 0.3) is 10.1 Å². The molecule has 0 bridgehead atoms. The molecule has 1 unspecified atom stereocenters. The van der Waals surface area contributed by atoms with E-state index in [2.05, 4.69) is 64.7 Å². The van der Waals surface area contributed by atoms with E-state index < -0.39 is 0 Å². The van der Waals surface area contributed by atoms with Gasteiger partial charge in [-0.1, -0.05) is 12.1 Å². The Morgan fingerprint density at radius 1 is 1.00 bits per heavy atom. The number of rotatable bonds is 2. The minimum Gasteiger partial charge on any atom is -0.378 e. The van der Waals surface area contributed by atoms with E-state index in [0.717, 1.165) is 39.4 Å². The van der Waals surface area contributed by atoms with Crippen molar-refractivity contribution in [2.75, 3.05) is 44.8 Å². The summed E-state index contributed by atoms with van der Waals surface area (Å²) in [5.74, 6) is 0.480. The molecular weight excluding hydrogens is 352 g/mol. The molecule has 0 spiro atoms. The lowest BCUT2D eigenvalue weighted by Crippen LogP contribution is -2.36. The fourth-order valence-corrected chi connectivity index (χ4v) is 5.28. The van der Waals surface area contributed by atoms with Gasteiger partial charge in [-0.25, -0.2) is 0 Å². The van der Waals surface area contributed by atoms with Gasteiger partial charge in [0.05, 0.1) is 13.2 Å². The van der Waals surface area contributed by atoms with Crippen molar-refractivity contribution in [1.29, 1.82) is 0 Å². The van der Waals surface area contributed by atoms with Crippen molar-refractivity contribution in [2.24, 2.45) is 0 Å². The van der Waals surface area contributed by atoms with Crippen LogP contribution in [0.15, 0.2) is 47.8 Å². The predicted molar refractivity (Wildman–Crippen MR) is 114 cm³/mol. The van der Waals surface area contributed by atoms with Crippen LogP contribution in [0.2, 0.25) is 0 Å². The number of morpholine rings is 1. The summed E-state index contributed by atoms with van der Waals surface area (Å²) in [6.07, 6.45) is 1.18. The highest BCUT2D eigenvalue weighted by Crippen LogP contribution is 2.37. The second-order valence-electron chi connectivity index (χ2n) is 7.78. The van der Waals surface area contributed by atoms with Crippen LogP contribution in [0.3, 0.4) is 0 Å². The van der Waals surface area contributed by atoms with E-state index in [1.54, 1.807) is 0 Å². The fourth-order valence-electron chi connectivity index (χ4n) is 4.51. The van der Waals surface area contributed by atoms with Crippen molar-refractivity contribution >= 4 is 27.1 Å². The number of fused-ring (bicyclic) bond motifs is 2. The standard InChI is InChI=1S/C23H26N2OS/c1-24-8-6-22(17-2-5-23-18(14-17)7-13-27-23)21-4-3-20(15-19(21)16-24)25-9-11-26-12-10-25/h2-5,7,13-15,22H,6,8-12,16H2,1H3. The normalized spacial score (nSPS) is 21.2. The van der Waals surface area contributed by atoms with Gasteiger partial charge < -0.3 is 14.5 Å². The molecule has 140 valence electrons. The van der Waals surface area contributed by atoms with E-state index in [1.165, 1.54) is 38.9 Å². The minimum atomic E-state index is 0.480. The topological polar surface area (TPSA) is 15.7 Å². The highest BCUT2D eigenvalue weighted by Gasteiger charge is 2.24. The van der Waals surface area contributed by atoms with E-state index in [-0.39, 0.29) is 0 Å². The molecule has 1 atom stereocenters. The van der Waals surface area contributed by atoms with Crippen molar-refractivity contribution < 1.29 is 4.74 Å². The largest absolute Gasteiger partial charge is 0.378 e. The van der Waals surface area contributed by atoms with Gasteiger partial charge in [-0.3, -0.25) is 0 Å². The predicted octanol–water partition coefficient (Wildman–Crippen LogP) is 4.71. The minimum absolute atomic E-state index is 0.480. The molecule has 3 nitrogen and oxygen atoms in total. The number of nitrogens with zero attached hydrogens (tertiary/aromatic N) is 2. The molecule has 1 fully saturated rings. The van der Waals surface area contributed by atoms with Gasteiger partial charge in [0.2, 0.25) is 0 Å². The molecular formula is C23H26N2OS. The SMILES string of the molecule is CN1CCC(c2ccc3sccc3c2)c2ccc(N3CCOCC3)cc2C1. The first-order valence-corrected chi connectivity index (χ1v) is 10.8. The van der Waals surface area contributed by atoms with Gasteiger partial charge in [-0.15, -0.1) is 11.3 Å². The van der Waals surface area contributed by atoms with E-state index in [9.17, 15) is 0 Å². The van der Waals surface area contributed by atoms with Gasteiger partial charge in [0.1, 0.15) is 0 Å². The molecule has 0 N–H and O–H groups in total. The van der Waals surface area contributed by atoms with Crippen molar-refractivity contribution in [3.05, 3.63) is 64.5 Å². The number of ether oxygens (including phenoxy) is 1. The Kier molecular flexibility index (Phi) is 4.64. The molecule has 2 aromatic carbocycles. The van der Waals surface area contributed by atoms with Crippen LogP contribution in [-0.2, 0) is 11.3 Å². The maximum atomic E-state index is 5.53. The Balaban J connectivity index is 1.54. The monoisotopic (exact) mass is 378 g/mol. The van der Waals surface area contributed by atoms with Crippen molar-refractivity contribution in [3.63, 3.8) is 0 Å². The molecule has 3 aromatic rings. The maximum Gasteiger partial charge on any atom is 0.0642 e. The van der Waals surface area contributed by atoms with Gasteiger partial charge in [0, 0.05) is 35.9 Å². The molecule has 2 aliphatic heterocycles. The lowest BCUT2D eigenvalue weighted by atomic mass is 9.86. The second-order valence-corrected chi connectivity index (χ2v) is 8.73. The van der Waals surface area contributed by atoms with Crippen molar-refractivity contribution in [1.82, 2.24) is 4.90 Å². The Labute approximate surface area is 165 Å². The number of anilines is 1. The van der Waals surface area contributed by atoms with E-state index in [0.29, 0.717) is 5.92 Å². The van der Waals surface area contributed by atoms with Crippen molar-refractivity contribution in [2.45, 2.75) is 18.9 Å². The summed E-state index contributed by atoms with van der Waals surface area (Å²) >= 11 is 1.83. The van der Waals surface area contributed by atoms with Crippen LogP contribution in [0.5, 0.6) is 0 Å². The Morgan fingerprint density at radius 3 is 2.78 bits per heavy atom. The highest BCUT2D eigenvalue weighted by atomic mass is 32.1. The molecule has 2 aliphatic rings. The number of thiophene rings is 1. The maximum absolute atomic E-state index is 5.53. The third-order valence-electron chi connectivity index (χ3n) is 6.00. The summed E-state index contributed by atoms with van der Waals surface area (Å²) in [4.78, 5) is 4.92. The molecule has 27 heavy (non-hydrogen) atoms. The second kappa shape index (κ2) is 7.27. The van der Waals surface area contributed by atoms with Crippen LogP contribution in [0.4, 0.5) is 5.69 Å². The summed E-state index contributed by atoms with van der Waals surface area (Å²) in [5, 5.41) is 3.57. The van der Waals surface area contributed by atoms with Gasteiger partial charge in [0.25, 0.3) is 0 Å². The quantitative estimate of drug-likeness (QED) is 0.642. The summed E-state index contributed by atoms with van der Waals surface area (Å²) < 4.78 is 6.91. The molecule has 1 saturated heterocycles. The molecule has 0 saturated carbocycles. The number of hydrogen-bond acceptors (Lipinski definition) is 4. The van der Waals surface area contributed by atoms with Crippen LogP contribution in [0, 0.1) is 0 Å². The zero-order valence-electron chi connectivity index (χ0n) is 15.9. The Hall–Kier alpha value is -1.88. The van der Waals surface area contributed by atoms with Crippen LogP contribution < -0.4 is 4.90 Å². The molecule has 3 heterocycles. The average molecular weight is 379 g/mol. The molecule has 0 aliphatic carbocycles. The summed E-state index contributed by atoms with van der Waals surface area (Å²) in [7, 11) is 2.25. The molecule has 5 rings (SSSR count). The van der Waals surface area contributed by atoms with E-state index in [4.69, 9.17) is 4.74 Å². The Bertz CT molecular complexity index is 944. The van der Waals surface area contributed by atoms with Crippen LogP contribution >= 0.6 is 11.3 Å². The van der Waals surface area contributed by atoms with Gasteiger partial charge in [-0.2, -0.15) is 0 Å². The molecule has 4 heteroatoms. The average Bonchev–Trinajstić information content (AvgIpc) is 3.10. The summed E-state index contributed by atoms with van der Waals surface area (Å²) in [6.45, 7) is 5.82.